The average molecular weight is 231 g/mol. The number of rotatable bonds is 3. The molecular weight excluding hydrogens is 218 g/mol. The number of pyridine rings is 2. The normalized spacial score (nSPS) is 10.3. The molecule has 0 amide bonds. The first-order chi connectivity index (χ1) is 7.75. The third kappa shape index (κ3) is 2.73. The van der Waals surface area contributed by atoms with Crippen molar-refractivity contribution in [1.82, 2.24) is 9.97 Å². The van der Waals surface area contributed by atoms with Gasteiger partial charge in [0.25, 0.3) is 0 Å². The van der Waals surface area contributed by atoms with E-state index >= 15 is 0 Å². The zero-order chi connectivity index (χ0) is 11.4. The molecular formula is C12H13N3S. The maximum Gasteiger partial charge on any atom is 0.0965 e. The SMILES string of the molecule is Cc1cccnc1CSc1ccc(N)cn1. The van der Waals surface area contributed by atoms with Crippen molar-refractivity contribution in [1.29, 1.82) is 0 Å². The van der Waals surface area contributed by atoms with E-state index in [4.69, 9.17) is 5.73 Å². The van der Waals surface area contributed by atoms with Crippen LogP contribution in [0.1, 0.15) is 11.3 Å². The van der Waals surface area contributed by atoms with Crippen LogP contribution in [0.4, 0.5) is 5.69 Å². The quantitative estimate of drug-likeness (QED) is 0.825. The summed E-state index contributed by atoms with van der Waals surface area (Å²) in [5, 5.41) is 0.972. The van der Waals surface area contributed by atoms with Gasteiger partial charge in [-0.3, -0.25) is 4.98 Å². The molecule has 0 aliphatic heterocycles. The monoisotopic (exact) mass is 231 g/mol. The Morgan fingerprint density at radius 3 is 2.81 bits per heavy atom. The van der Waals surface area contributed by atoms with Crippen molar-refractivity contribution in [2.75, 3.05) is 5.73 Å². The smallest absolute Gasteiger partial charge is 0.0965 e. The number of nitrogen functional groups attached to an aromatic ring is 1. The molecule has 2 N–H and O–H groups in total. The van der Waals surface area contributed by atoms with Crippen molar-refractivity contribution in [3.8, 4) is 0 Å². The zero-order valence-electron chi connectivity index (χ0n) is 9.05. The Bertz CT molecular complexity index is 468. The van der Waals surface area contributed by atoms with E-state index in [1.807, 2.05) is 24.4 Å². The molecule has 3 nitrogen and oxygen atoms in total. The van der Waals surface area contributed by atoms with Crippen molar-refractivity contribution in [2.24, 2.45) is 0 Å². The molecule has 2 aromatic rings. The van der Waals surface area contributed by atoms with Gasteiger partial charge in [0, 0.05) is 11.9 Å². The molecule has 0 fully saturated rings. The van der Waals surface area contributed by atoms with E-state index in [1.165, 1.54) is 5.56 Å². The lowest BCUT2D eigenvalue weighted by Gasteiger charge is -2.03. The van der Waals surface area contributed by atoms with Crippen molar-refractivity contribution in [3.05, 3.63) is 47.9 Å². The fraction of sp³-hybridized carbons (Fsp3) is 0.167. The lowest BCUT2D eigenvalue weighted by Crippen LogP contribution is -1.91. The number of aromatic nitrogens is 2. The molecule has 0 radical (unpaired) electrons. The van der Waals surface area contributed by atoms with E-state index in [0.29, 0.717) is 5.69 Å². The van der Waals surface area contributed by atoms with Crippen LogP contribution in [-0.2, 0) is 5.75 Å². The van der Waals surface area contributed by atoms with Gasteiger partial charge in [0.15, 0.2) is 0 Å². The van der Waals surface area contributed by atoms with Crippen LogP contribution in [0.3, 0.4) is 0 Å². The number of aryl methyl sites for hydroxylation is 1. The first-order valence-electron chi connectivity index (χ1n) is 5.00. The molecule has 0 atom stereocenters. The van der Waals surface area contributed by atoms with E-state index in [-0.39, 0.29) is 0 Å². The molecule has 0 aliphatic carbocycles. The van der Waals surface area contributed by atoms with Gasteiger partial charge in [-0.1, -0.05) is 6.07 Å². The van der Waals surface area contributed by atoms with Gasteiger partial charge in [0.05, 0.1) is 22.6 Å². The summed E-state index contributed by atoms with van der Waals surface area (Å²) in [6, 6.07) is 7.81. The largest absolute Gasteiger partial charge is 0.397 e. The number of anilines is 1. The lowest BCUT2D eigenvalue weighted by molar-refractivity contribution is 1.10. The molecule has 4 heteroatoms. The zero-order valence-corrected chi connectivity index (χ0v) is 9.87. The van der Waals surface area contributed by atoms with E-state index in [9.17, 15) is 0 Å². The summed E-state index contributed by atoms with van der Waals surface area (Å²) < 4.78 is 0. The predicted octanol–water partition coefficient (Wildman–Crippen LogP) is 2.66. The van der Waals surface area contributed by atoms with E-state index in [2.05, 4.69) is 23.0 Å². The highest BCUT2D eigenvalue weighted by molar-refractivity contribution is 7.98. The van der Waals surface area contributed by atoms with Crippen LogP contribution < -0.4 is 5.73 Å². The lowest BCUT2D eigenvalue weighted by atomic mass is 10.2. The summed E-state index contributed by atoms with van der Waals surface area (Å²) in [5.74, 6) is 0.837. The molecule has 2 aromatic heterocycles. The first kappa shape index (κ1) is 11.0. The summed E-state index contributed by atoms with van der Waals surface area (Å²) in [5.41, 5.74) is 8.58. The molecule has 2 rings (SSSR count). The molecule has 82 valence electrons. The molecule has 0 bridgehead atoms. The maximum atomic E-state index is 5.57. The van der Waals surface area contributed by atoms with Crippen LogP contribution in [-0.4, -0.2) is 9.97 Å². The molecule has 16 heavy (non-hydrogen) atoms. The van der Waals surface area contributed by atoms with Crippen LogP contribution in [0.25, 0.3) is 0 Å². The Kier molecular flexibility index (Phi) is 3.41. The van der Waals surface area contributed by atoms with Gasteiger partial charge in [0.2, 0.25) is 0 Å². The predicted molar refractivity (Wildman–Crippen MR) is 67.2 cm³/mol. The molecule has 0 saturated heterocycles. The van der Waals surface area contributed by atoms with Crippen LogP contribution >= 0.6 is 11.8 Å². The van der Waals surface area contributed by atoms with Gasteiger partial charge in [-0.05, 0) is 30.7 Å². The Morgan fingerprint density at radius 2 is 2.12 bits per heavy atom. The molecule has 0 spiro atoms. The van der Waals surface area contributed by atoms with Gasteiger partial charge in [0.1, 0.15) is 0 Å². The summed E-state index contributed by atoms with van der Waals surface area (Å²) in [6.07, 6.45) is 3.49. The van der Waals surface area contributed by atoms with E-state index < -0.39 is 0 Å². The van der Waals surface area contributed by atoms with Gasteiger partial charge in [-0.25, -0.2) is 4.98 Å². The summed E-state index contributed by atoms with van der Waals surface area (Å²) in [6.45, 7) is 2.07. The van der Waals surface area contributed by atoms with Crippen LogP contribution in [0.2, 0.25) is 0 Å². The maximum absolute atomic E-state index is 5.57. The van der Waals surface area contributed by atoms with Crippen molar-refractivity contribution >= 4 is 17.4 Å². The molecule has 2 heterocycles. The standard InChI is InChI=1S/C12H13N3S/c1-9-3-2-6-14-11(9)8-16-12-5-4-10(13)7-15-12/h2-7H,8,13H2,1H3. The Balaban J connectivity index is 2.02. The number of hydrogen-bond donors (Lipinski definition) is 1. The third-order valence-electron chi connectivity index (χ3n) is 2.23. The minimum absolute atomic E-state index is 0.693. The fourth-order valence-corrected chi connectivity index (χ4v) is 2.17. The molecule has 0 aromatic carbocycles. The Morgan fingerprint density at radius 1 is 1.25 bits per heavy atom. The number of hydrogen-bond acceptors (Lipinski definition) is 4. The van der Waals surface area contributed by atoms with Crippen molar-refractivity contribution in [3.63, 3.8) is 0 Å². The van der Waals surface area contributed by atoms with Gasteiger partial charge < -0.3 is 5.73 Å². The minimum atomic E-state index is 0.693. The van der Waals surface area contributed by atoms with Crippen LogP contribution in [0.15, 0.2) is 41.7 Å². The second-order valence-electron chi connectivity index (χ2n) is 3.49. The van der Waals surface area contributed by atoms with Crippen molar-refractivity contribution < 1.29 is 0 Å². The number of nitrogens with zero attached hydrogens (tertiary/aromatic N) is 2. The highest BCUT2D eigenvalue weighted by Gasteiger charge is 2.01. The number of nitrogens with two attached hydrogens (primary N) is 1. The summed E-state index contributed by atoms with van der Waals surface area (Å²) in [7, 11) is 0. The molecule has 0 aliphatic rings. The minimum Gasteiger partial charge on any atom is -0.397 e. The van der Waals surface area contributed by atoms with Gasteiger partial charge >= 0.3 is 0 Å². The van der Waals surface area contributed by atoms with Crippen LogP contribution in [0, 0.1) is 6.92 Å². The number of thioether (sulfide) groups is 1. The fourth-order valence-electron chi connectivity index (χ4n) is 1.29. The van der Waals surface area contributed by atoms with Crippen LogP contribution in [0.5, 0.6) is 0 Å². The summed E-state index contributed by atoms with van der Waals surface area (Å²) in [4.78, 5) is 8.57. The second-order valence-corrected chi connectivity index (χ2v) is 4.48. The second kappa shape index (κ2) is 4.99. The first-order valence-corrected chi connectivity index (χ1v) is 5.99. The Hall–Kier alpha value is -1.55. The summed E-state index contributed by atoms with van der Waals surface area (Å²) >= 11 is 1.67. The van der Waals surface area contributed by atoms with E-state index in [0.717, 1.165) is 16.5 Å². The highest BCUT2D eigenvalue weighted by atomic mass is 32.2. The molecule has 0 saturated carbocycles. The topological polar surface area (TPSA) is 51.8 Å². The highest BCUT2D eigenvalue weighted by Crippen LogP contribution is 2.21. The van der Waals surface area contributed by atoms with Crippen molar-refractivity contribution in [2.45, 2.75) is 17.7 Å². The third-order valence-corrected chi connectivity index (χ3v) is 3.19. The Labute approximate surface area is 99.1 Å². The van der Waals surface area contributed by atoms with E-state index in [1.54, 1.807) is 18.0 Å². The van der Waals surface area contributed by atoms with Gasteiger partial charge in [-0.15, -0.1) is 11.8 Å². The van der Waals surface area contributed by atoms with Gasteiger partial charge in [-0.2, -0.15) is 0 Å². The average Bonchev–Trinajstić information content (AvgIpc) is 2.30. The molecule has 0 unspecified atom stereocenters.